The summed E-state index contributed by atoms with van der Waals surface area (Å²) < 4.78 is 117. The number of aromatic nitrogens is 8. The number of aryl methyl sites for hydroxylation is 2. The molecule has 0 saturated carbocycles. The predicted molar refractivity (Wildman–Crippen MR) is 339 cm³/mol. The molecular weight excluding hydrogens is 1220 g/mol. The third-order valence-corrected chi connectivity index (χ3v) is 15.5. The molecule has 0 aliphatic carbocycles. The van der Waals surface area contributed by atoms with Crippen LogP contribution in [0.5, 0.6) is 11.8 Å². The summed E-state index contributed by atoms with van der Waals surface area (Å²) in [6, 6.07) is 39.8. The molecule has 0 aliphatic heterocycles. The number of fused-ring (bicyclic) bond motifs is 2. The number of imidazole rings is 2. The van der Waals surface area contributed by atoms with E-state index in [0.717, 1.165) is 46.8 Å². The molecule has 6 heterocycles. The van der Waals surface area contributed by atoms with Gasteiger partial charge in [0.05, 0.1) is 57.8 Å². The van der Waals surface area contributed by atoms with E-state index >= 15 is 17.6 Å². The van der Waals surface area contributed by atoms with E-state index in [1.54, 1.807) is 82.2 Å². The minimum Gasteiger partial charge on any atom is -0.478 e. The highest BCUT2D eigenvalue weighted by molar-refractivity contribution is 5.93. The number of nitrogens with zero attached hydrogens (tertiary/aromatic N) is 8. The molecule has 6 aromatic heterocycles. The number of rotatable bonds is 22. The van der Waals surface area contributed by atoms with E-state index in [2.05, 4.69) is 29.9 Å². The Bertz CT molecular complexity index is 4500. The second-order valence-electron chi connectivity index (χ2n) is 21.9. The second-order valence-corrected chi connectivity index (χ2v) is 21.9. The van der Waals surface area contributed by atoms with Crippen LogP contribution in [0.1, 0.15) is 66.0 Å². The fourth-order valence-corrected chi connectivity index (χ4v) is 10.5. The first kappa shape index (κ1) is 64.4. The van der Waals surface area contributed by atoms with E-state index in [0.29, 0.717) is 82.3 Å². The summed E-state index contributed by atoms with van der Waals surface area (Å²) in [5, 5.41) is 18.9. The molecule has 22 heteroatoms. The third-order valence-electron chi connectivity index (χ3n) is 15.5. The molecule has 6 aromatic carbocycles. The minimum atomic E-state index is -1.09. The lowest BCUT2D eigenvalue weighted by atomic mass is 10.0. The summed E-state index contributed by atoms with van der Waals surface area (Å²) >= 11 is 0. The zero-order valence-corrected chi connectivity index (χ0v) is 51.0. The summed E-state index contributed by atoms with van der Waals surface area (Å²) in [5.74, 6) is -4.75. The van der Waals surface area contributed by atoms with Crippen molar-refractivity contribution in [1.29, 1.82) is 0 Å². The van der Waals surface area contributed by atoms with Crippen LogP contribution in [0.2, 0.25) is 0 Å². The third kappa shape index (κ3) is 14.8. The van der Waals surface area contributed by atoms with Gasteiger partial charge < -0.3 is 38.3 Å². The molecule has 12 rings (SSSR count). The number of methoxy groups -OCH3 is 2. The topological polar surface area (TPSA) is 199 Å². The van der Waals surface area contributed by atoms with Gasteiger partial charge in [-0.3, -0.25) is 9.97 Å². The molecule has 0 saturated heterocycles. The van der Waals surface area contributed by atoms with E-state index in [-0.39, 0.29) is 82.6 Å². The number of aromatic carboxylic acids is 2. The van der Waals surface area contributed by atoms with Crippen molar-refractivity contribution in [2.24, 2.45) is 0 Å². The second kappa shape index (κ2) is 28.6. The lowest BCUT2D eigenvalue weighted by Crippen LogP contribution is -2.10. The maximum atomic E-state index is 15.5. The molecule has 0 aliphatic rings. The van der Waals surface area contributed by atoms with E-state index < -0.39 is 46.8 Å². The molecule has 0 spiro atoms. The summed E-state index contributed by atoms with van der Waals surface area (Å²) in [6.07, 6.45) is 3.26. The van der Waals surface area contributed by atoms with Crippen LogP contribution in [0.3, 0.4) is 0 Å². The van der Waals surface area contributed by atoms with Crippen molar-refractivity contribution in [2.45, 2.75) is 53.0 Å². The summed E-state index contributed by atoms with van der Waals surface area (Å²) in [4.78, 5) is 49.4. The highest BCUT2D eigenvalue weighted by Gasteiger charge is 2.22. The lowest BCUT2D eigenvalue weighted by Gasteiger charge is -2.12. The van der Waals surface area contributed by atoms with Gasteiger partial charge in [-0.1, -0.05) is 48.5 Å². The number of carboxylic acids is 2. The van der Waals surface area contributed by atoms with E-state index in [4.69, 9.17) is 18.9 Å². The van der Waals surface area contributed by atoms with Crippen molar-refractivity contribution in [2.75, 3.05) is 27.4 Å². The van der Waals surface area contributed by atoms with E-state index in [9.17, 15) is 28.6 Å². The Balaban J connectivity index is 0.000000192. The molecule has 16 nitrogen and oxygen atoms in total. The van der Waals surface area contributed by atoms with Gasteiger partial charge in [-0.2, -0.15) is 0 Å². The summed E-state index contributed by atoms with van der Waals surface area (Å²) in [5.41, 5.74) is 7.86. The molecule has 476 valence electrons. The maximum absolute atomic E-state index is 15.5. The first-order chi connectivity index (χ1) is 45.4. The van der Waals surface area contributed by atoms with Crippen LogP contribution in [0.4, 0.5) is 26.3 Å². The van der Waals surface area contributed by atoms with Gasteiger partial charge in [0, 0.05) is 109 Å². The Morgan fingerprint density at radius 2 is 0.840 bits per heavy atom. The number of benzene rings is 6. The van der Waals surface area contributed by atoms with Gasteiger partial charge in [0.1, 0.15) is 59.8 Å². The SMILES string of the molecule is COCCn1c(Cc2cc(F)c(-c3cccc(OCc4ccc(-c5ccc(C)nc5)cc4F)n3)cc2F)nc2ccc(C(=O)O)cc21.COCCn1c(Cc2cc(F)c(-c3cccc(OCc4ccc(-c5ccc(C)nc5)cc4F)n3)cc2F)nc2ccc(C(=O)O)cc21. The predicted octanol–water partition coefficient (Wildman–Crippen LogP) is 14.8. The Kier molecular flexibility index (Phi) is 19.6. The fourth-order valence-electron chi connectivity index (χ4n) is 10.5. The van der Waals surface area contributed by atoms with Crippen LogP contribution in [0.25, 0.3) is 66.8 Å². The van der Waals surface area contributed by atoms with Crippen LogP contribution in [-0.2, 0) is 48.6 Å². The van der Waals surface area contributed by atoms with Crippen LogP contribution in [0.15, 0.2) is 170 Å². The first-order valence-electron chi connectivity index (χ1n) is 29.4. The van der Waals surface area contributed by atoms with Crippen molar-refractivity contribution in [1.82, 2.24) is 39.0 Å². The van der Waals surface area contributed by atoms with Crippen molar-refractivity contribution >= 4 is 34.0 Å². The molecule has 94 heavy (non-hydrogen) atoms. The number of hydrogen-bond acceptors (Lipinski definition) is 12. The van der Waals surface area contributed by atoms with Crippen LogP contribution in [0, 0.1) is 48.8 Å². The van der Waals surface area contributed by atoms with Crippen LogP contribution >= 0.6 is 0 Å². The Labute approximate surface area is 534 Å². The number of carbonyl (C=O) groups is 2. The molecule has 0 radical (unpaired) electrons. The van der Waals surface area contributed by atoms with Gasteiger partial charge >= 0.3 is 11.9 Å². The van der Waals surface area contributed by atoms with Crippen LogP contribution in [-0.4, -0.2) is 88.6 Å². The number of pyridine rings is 4. The van der Waals surface area contributed by atoms with Gasteiger partial charge in [-0.25, -0.2) is 55.9 Å². The lowest BCUT2D eigenvalue weighted by molar-refractivity contribution is 0.0686. The zero-order valence-electron chi connectivity index (χ0n) is 51.0. The smallest absolute Gasteiger partial charge is 0.335 e. The van der Waals surface area contributed by atoms with Gasteiger partial charge in [0.2, 0.25) is 11.8 Å². The normalized spacial score (nSPS) is 11.3. The summed E-state index contributed by atoms with van der Waals surface area (Å²) in [7, 11) is 3.06. The van der Waals surface area contributed by atoms with Crippen molar-refractivity contribution in [3.8, 4) is 56.5 Å². The zero-order chi connectivity index (χ0) is 66.2. The average molecular weight is 1280 g/mol. The van der Waals surface area contributed by atoms with Gasteiger partial charge in [-0.05, 0) is 133 Å². The fraction of sp³-hybridized carbons (Fsp3) is 0.167. The molecule has 0 amide bonds. The van der Waals surface area contributed by atoms with Gasteiger partial charge in [0.25, 0.3) is 0 Å². The molecule has 0 fully saturated rings. The molecular formula is C72H58F6N8O8. The van der Waals surface area contributed by atoms with Gasteiger partial charge in [0.15, 0.2) is 0 Å². The Morgan fingerprint density at radius 3 is 1.21 bits per heavy atom. The molecule has 0 bridgehead atoms. The van der Waals surface area contributed by atoms with Gasteiger partial charge in [-0.15, -0.1) is 0 Å². The average Bonchev–Trinajstić information content (AvgIpc) is 1.64. The quantitative estimate of drug-likeness (QED) is 0.0607. The molecule has 0 atom stereocenters. The minimum absolute atomic E-state index is 0.0504. The number of ether oxygens (including phenoxy) is 4. The molecule has 12 aromatic rings. The highest BCUT2D eigenvalue weighted by Crippen LogP contribution is 2.32. The van der Waals surface area contributed by atoms with E-state index in [1.807, 2.05) is 38.1 Å². The number of hydrogen-bond donors (Lipinski definition) is 2. The monoisotopic (exact) mass is 1280 g/mol. The van der Waals surface area contributed by atoms with E-state index in [1.165, 1.54) is 62.8 Å². The Hall–Kier alpha value is -11.1. The highest BCUT2D eigenvalue weighted by atomic mass is 19.1. The van der Waals surface area contributed by atoms with Crippen molar-refractivity contribution in [3.63, 3.8) is 0 Å². The molecule has 2 N–H and O–H groups in total. The molecule has 0 unspecified atom stereocenters. The van der Waals surface area contributed by atoms with Crippen molar-refractivity contribution < 1.29 is 65.1 Å². The first-order valence-corrected chi connectivity index (χ1v) is 29.4. The van der Waals surface area contributed by atoms with Crippen molar-refractivity contribution in [3.05, 3.63) is 261 Å². The van der Waals surface area contributed by atoms with Crippen LogP contribution < -0.4 is 9.47 Å². The largest absolute Gasteiger partial charge is 0.478 e. The summed E-state index contributed by atoms with van der Waals surface area (Å²) in [6.45, 7) is 4.79. The maximum Gasteiger partial charge on any atom is 0.335 e. The standard InChI is InChI=1S/2C36H29F3N4O4/c2*1-21-6-7-24(19-40-21)22-8-9-25(28(37)14-22)20-47-35-5-3-4-31(42-35)27-18-29(38)26(15-30(27)39)17-34-41-32-11-10-23(36(44)45)16-33(32)43(34)12-13-46-2/h2*3-11,14-16,18-19H,12-13,17,20H2,1-2H3,(H,44,45). The number of halogens is 6. The Morgan fingerprint density at radius 1 is 0.436 bits per heavy atom. The number of carboxylic acid groups (broad SMARTS) is 2.